The van der Waals surface area contributed by atoms with Gasteiger partial charge in [0.1, 0.15) is 0 Å². The first-order valence-corrected chi connectivity index (χ1v) is 10.5. The van der Waals surface area contributed by atoms with Crippen molar-refractivity contribution >= 4 is 0 Å². The van der Waals surface area contributed by atoms with Crippen LogP contribution in [0.5, 0.6) is 0 Å². The largest absolute Gasteiger partial charge is 0.309 e. The third-order valence-electron chi connectivity index (χ3n) is 6.57. The molecule has 0 heterocycles. The number of nitrogens with one attached hydrogen (secondary N) is 1. The Kier molecular flexibility index (Phi) is 6.81. The van der Waals surface area contributed by atoms with Crippen molar-refractivity contribution in [2.45, 2.75) is 111 Å². The molecule has 2 fully saturated rings. The predicted molar refractivity (Wildman–Crippen MR) is 106 cm³/mol. The minimum absolute atomic E-state index is 0.259. The molecule has 24 heavy (non-hydrogen) atoms. The summed E-state index contributed by atoms with van der Waals surface area (Å²) in [7, 11) is 2.39. The Bertz CT molecular complexity index is 360. The standard InChI is InChI=1S/C22H44N2/c1-21(2,3)18-10-8-17(9-11-18)16-24(7)20-14-12-19(13-15-20)23-22(4,5)6/h17-20,23H,8-16H2,1-7H3. The average Bonchev–Trinajstić information content (AvgIpc) is 2.46. The second-order valence-electron chi connectivity index (χ2n) is 10.9. The molecule has 0 aliphatic heterocycles. The summed E-state index contributed by atoms with van der Waals surface area (Å²) in [6.45, 7) is 15.5. The molecule has 2 aliphatic rings. The molecular weight excluding hydrogens is 292 g/mol. The zero-order valence-electron chi connectivity index (χ0n) is 17.6. The maximum absolute atomic E-state index is 3.80. The summed E-state index contributed by atoms with van der Waals surface area (Å²) in [5.41, 5.74) is 0.768. The van der Waals surface area contributed by atoms with Crippen LogP contribution in [0.2, 0.25) is 0 Å². The Morgan fingerprint density at radius 1 is 0.792 bits per heavy atom. The van der Waals surface area contributed by atoms with Gasteiger partial charge in [-0.15, -0.1) is 0 Å². The van der Waals surface area contributed by atoms with Crippen LogP contribution in [0, 0.1) is 17.3 Å². The van der Waals surface area contributed by atoms with Gasteiger partial charge in [-0.2, -0.15) is 0 Å². The van der Waals surface area contributed by atoms with E-state index in [4.69, 9.17) is 0 Å². The first-order valence-electron chi connectivity index (χ1n) is 10.5. The molecule has 2 saturated carbocycles. The van der Waals surface area contributed by atoms with E-state index in [1.54, 1.807) is 0 Å². The van der Waals surface area contributed by atoms with Gasteiger partial charge in [0.05, 0.1) is 0 Å². The van der Waals surface area contributed by atoms with Gasteiger partial charge in [-0.3, -0.25) is 0 Å². The Labute approximate surface area is 152 Å². The second kappa shape index (κ2) is 8.08. The van der Waals surface area contributed by atoms with Gasteiger partial charge in [0.25, 0.3) is 0 Å². The van der Waals surface area contributed by atoms with Gasteiger partial charge in [0, 0.05) is 24.2 Å². The van der Waals surface area contributed by atoms with Crippen LogP contribution >= 0.6 is 0 Å². The van der Waals surface area contributed by atoms with Crippen molar-refractivity contribution in [1.29, 1.82) is 0 Å². The fourth-order valence-corrected chi connectivity index (χ4v) is 5.04. The van der Waals surface area contributed by atoms with E-state index >= 15 is 0 Å². The van der Waals surface area contributed by atoms with Crippen molar-refractivity contribution in [3.63, 3.8) is 0 Å². The van der Waals surface area contributed by atoms with E-state index in [2.05, 4.69) is 58.8 Å². The monoisotopic (exact) mass is 336 g/mol. The number of hydrogen-bond acceptors (Lipinski definition) is 2. The van der Waals surface area contributed by atoms with Crippen LogP contribution in [0.4, 0.5) is 0 Å². The molecule has 0 saturated heterocycles. The number of hydrogen-bond donors (Lipinski definition) is 1. The molecule has 1 N–H and O–H groups in total. The molecule has 0 aromatic rings. The summed E-state index contributed by atoms with van der Waals surface area (Å²) >= 11 is 0. The van der Waals surface area contributed by atoms with Gasteiger partial charge in [-0.1, -0.05) is 20.8 Å². The molecule has 2 rings (SSSR count). The quantitative estimate of drug-likeness (QED) is 0.732. The lowest BCUT2D eigenvalue weighted by Crippen LogP contribution is -2.48. The molecule has 0 bridgehead atoms. The Hall–Kier alpha value is -0.0800. The molecule has 0 amide bonds. The summed E-state index contributed by atoms with van der Waals surface area (Å²) in [4.78, 5) is 2.70. The van der Waals surface area contributed by atoms with E-state index < -0.39 is 0 Å². The molecule has 2 aliphatic carbocycles. The first-order chi connectivity index (χ1) is 11.0. The maximum Gasteiger partial charge on any atom is 0.00990 e. The molecule has 0 aromatic heterocycles. The lowest BCUT2D eigenvalue weighted by atomic mass is 9.70. The van der Waals surface area contributed by atoms with Crippen molar-refractivity contribution < 1.29 is 0 Å². The fourth-order valence-electron chi connectivity index (χ4n) is 5.04. The van der Waals surface area contributed by atoms with Crippen LogP contribution < -0.4 is 5.32 Å². The van der Waals surface area contributed by atoms with E-state index in [-0.39, 0.29) is 5.54 Å². The van der Waals surface area contributed by atoms with Crippen LogP contribution in [-0.4, -0.2) is 36.1 Å². The summed E-state index contributed by atoms with van der Waals surface area (Å²) in [6, 6.07) is 1.56. The van der Waals surface area contributed by atoms with Gasteiger partial charge in [-0.05, 0) is 96.4 Å². The highest BCUT2D eigenvalue weighted by molar-refractivity contribution is 4.87. The molecular formula is C22H44N2. The third kappa shape index (κ3) is 6.33. The van der Waals surface area contributed by atoms with Crippen molar-refractivity contribution in [2.24, 2.45) is 17.3 Å². The van der Waals surface area contributed by atoms with Crippen LogP contribution in [0.15, 0.2) is 0 Å². The smallest absolute Gasteiger partial charge is 0.00990 e. The van der Waals surface area contributed by atoms with Crippen LogP contribution in [0.3, 0.4) is 0 Å². The van der Waals surface area contributed by atoms with Gasteiger partial charge in [-0.25, -0.2) is 0 Å². The Morgan fingerprint density at radius 3 is 1.79 bits per heavy atom. The zero-order valence-corrected chi connectivity index (χ0v) is 17.6. The van der Waals surface area contributed by atoms with E-state index in [1.165, 1.54) is 57.9 Å². The molecule has 142 valence electrons. The van der Waals surface area contributed by atoms with Gasteiger partial charge in [0.15, 0.2) is 0 Å². The van der Waals surface area contributed by atoms with Crippen molar-refractivity contribution in [1.82, 2.24) is 10.2 Å². The van der Waals surface area contributed by atoms with E-state index in [9.17, 15) is 0 Å². The van der Waals surface area contributed by atoms with Gasteiger partial charge >= 0.3 is 0 Å². The SMILES string of the molecule is CN(CC1CCC(C(C)(C)C)CC1)C1CCC(NC(C)(C)C)CC1. The molecule has 2 nitrogen and oxygen atoms in total. The van der Waals surface area contributed by atoms with Crippen LogP contribution in [0.1, 0.15) is 92.9 Å². The Morgan fingerprint density at radius 2 is 1.33 bits per heavy atom. The third-order valence-corrected chi connectivity index (χ3v) is 6.57. The lowest BCUT2D eigenvalue weighted by Gasteiger charge is -2.41. The second-order valence-corrected chi connectivity index (χ2v) is 10.9. The summed E-state index contributed by atoms with van der Waals surface area (Å²) in [5, 5.41) is 3.80. The minimum atomic E-state index is 0.259. The molecule has 0 spiro atoms. The minimum Gasteiger partial charge on any atom is -0.309 e. The summed E-state index contributed by atoms with van der Waals surface area (Å²) < 4.78 is 0. The first kappa shape index (κ1) is 20.2. The number of nitrogens with zero attached hydrogens (tertiary/aromatic N) is 1. The Balaban J connectivity index is 1.70. The highest BCUT2D eigenvalue weighted by Crippen LogP contribution is 2.40. The molecule has 0 unspecified atom stereocenters. The van der Waals surface area contributed by atoms with E-state index in [0.717, 1.165) is 23.9 Å². The highest BCUT2D eigenvalue weighted by atomic mass is 15.1. The predicted octanol–water partition coefficient (Wildman–Crippen LogP) is 5.47. The fraction of sp³-hybridized carbons (Fsp3) is 1.00. The highest BCUT2D eigenvalue weighted by Gasteiger charge is 2.31. The maximum atomic E-state index is 3.80. The summed E-state index contributed by atoms with van der Waals surface area (Å²) in [6.07, 6.45) is 11.3. The van der Waals surface area contributed by atoms with Crippen LogP contribution in [0.25, 0.3) is 0 Å². The summed E-state index contributed by atoms with van der Waals surface area (Å²) in [5.74, 6) is 1.89. The van der Waals surface area contributed by atoms with Crippen LogP contribution in [-0.2, 0) is 0 Å². The van der Waals surface area contributed by atoms with Crippen molar-refractivity contribution in [3.05, 3.63) is 0 Å². The van der Waals surface area contributed by atoms with E-state index in [1.807, 2.05) is 0 Å². The van der Waals surface area contributed by atoms with Gasteiger partial charge < -0.3 is 10.2 Å². The topological polar surface area (TPSA) is 15.3 Å². The van der Waals surface area contributed by atoms with E-state index in [0.29, 0.717) is 5.41 Å². The average molecular weight is 337 g/mol. The number of rotatable bonds is 4. The lowest BCUT2D eigenvalue weighted by molar-refractivity contribution is 0.103. The molecule has 0 atom stereocenters. The molecule has 0 aromatic carbocycles. The van der Waals surface area contributed by atoms with Crippen molar-refractivity contribution in [3.8, 4) is 0 Å². The zero-order chi connectivity index (χ0) is 18.0. The normalized spacial score (nSPS) is 33.0. The van der Waals surface area contributed by atoms with Gasteiger partial charge in [0.2, 0.25) is 0 Å². The van der Waals surface area contributed by atoms with Crippen molar-refractivity contribution in [2.75, 3.05) is 13.6 Å². The molecule has 0 radical (unpaired) electrons. The molecule has 2 heteroatoms.